The van der Waals surface area contributed by atoms with E-state index in [1.54, 1.807) is 11.1 Å². The van der Waals surface area contributed by atoms with Gasteiger partial charge in [-0.25, -0.2) is 0 Å². The number of carbonyl (C=O) groups is 1. The second kappa shape index (κ2) is 7.41. The first-order chi connectivity index (χ1) is 10.9. The van der Waals surface area contributed by atoms with E-state index >= 15 is 0 Å². The Hall–Kier alpha value is -2.15. The zero-order chi connectivity index (χ0) is 16.9. The van der Waals surface area contributed by atoms with Crippen LogP contribution in [-0.2, 0) is 9.53 Å². The Balaban J connectivity index is 2.24. The van der Waals surface area contributed by atoms with Crippen molar-refractivity contribution in [2.45, 2.75) is 13.1 Å². The van der Waals surface area contributed by atoms with Crippen molar-refractivity contribution in [3.05, 3.63) is 42.0 Å². The van der Waals surface area contributed by atoms with Gasteiger partial charge in [-0.15, -0.1) is 0 Å². The molecule has 1 aliphatic heterocycles. The smallest absolute Gasteiger partial charge is 0.378 e. The minimum atomic E-state index is -4.61. The zero-order valence-electron chi connectivity index (χ0n) is 12.6. The van der Waals surface area contributed by atoms with E-state index in [1.807, 2.05) is 0 Å². The van der Waals surface area contributed by atoms with Gasteiger partial charge in [0.15, 0.2) is 0 Å². The molecule has 1 aromatic carbocycles. The van der Waals surface area contributed by atoms with Crippen LogP contribution in [0.5, 0.6) is 0 Å². The van der Waals surface area contributed by atoms with E-state index in [4.69, 9.17) is 4.74 Å². The quantitative estimate of drug-likeness (QED) is 0.631. The average Bonchev–Trinajstić information content (AvgIpc) is 2.53. The molecule has 2 rings (SSSR count). The summed E-state index contributed by atoms with van der Waals surface area (Å²) >= 11 is 0. The highest BCUT2D eigenvalue weighted by atomic mass is 19.4. The molecule has 0 amide bonds. The standard InChI is InChI=1S/C16H17F3N2O2/c1-12(20-21-7-9-23-10-8-21)15(22)11-14(16(17,18)19)13-5-3-2-4-6-13/h2-6,11H,7-10H2,1H3/b14-11+,20-12+. The lowest BCUT2D eigenvalue weighted by Crippen LogP contribution is -2.33. The SMILES string of the molecule is C/C(=N\N1CCOCC1)C(=O)/C=C(\c1ccccc1)C(F)(F)F. The van der Waals surface area contributed by atoms with Gasteiger partial charge in [-0.1, -0.05) is 30.3 Å². The first-order valence-electron chi connectivity index (χ1n) is 7.14. The van der Waals surface area contributed by atoms with Gasteiger partial charge < -0.3 is 4.74 Å². The summed E-state index contributed by atoms with van der Waals surface area (Å²) in [7, 11) is 0. The zero-order valence-corrected chi connectivity index (χ0v) is 12.6. The number of alkyl halides is 3. The number of hydrogen-bond donors (Lipinski definition) is 0. The molecule has 0 saturated carbocycles. The third-order valence-corrected chi connectivity index (χ3v) is 3.30. The van der Waals surface area contributed by atoms with Crippen molar-refractivity contribution in [1.82, 2.24) is 5.01 Å². The molecule has 0 aliphatic carbocycles. The fourth-order valence-corrected chi connectivity index (χ4v) is 2.10. The minimum absolute atomic E-state index is 0.0181. The van der Waals surface area contributed by atoms with E-state index in [-0.39, 0.29) is 11.3 Å². The fourth-order valence-electron chi connectivity index (χ4n) is 2.10. The van der Waals surface area contributed by atoms with Gasteiger partial charge in [-0.05, 0) is 12.5 Å². The number of hydrogen-bond acceptors (Lipinski definition) is 4. The Morgan fingerprint density at radius 2 is 1.83 bits per heavy atom. The van der Waals surface area contributed by atoms with Crippen LogP contribution in [0.15, 0.2) is 41.5 Å². The highest BCUT2D eigenvalue weighted by Crippen LogP contribution is 2.33. The van der Waals surface area contributed by atoms with Crippen LogP contribution in [0.2, 0.25) is 0 Å². The van der Waals surface area contributed by atoms with Crippen LogP contribution in [0.25, 0.3) is 5.57 Å². The van der Waals surface area contributed by atoms with Crippen molar-refractivity contribution in [2.24, 2.45) is 5.10 Å². The molecule has 124 valence electrons. The number of carbonyl (C=O) groups excluding carboxylic acids is 1. The van der Waals surface area contributed by atoms with E-state index in [0.717, 1.165) is 0 Å². The van der Waals surface area contributed by atoms with Gasteiger partial charge in [0.25, 0.3) is 0 Å². The number of benzene rings is 1. The molecular weight excluding hydrogens is 309 g/mol. The Morgan fingerprint density at radius 1 is 1.22 bits per heavy atom. The van der Waals surface area contributed by atoms with Crippen LogP contribution in [0, 0.1) is 0 Å². The summed E-state index contributed by atoms with van der Waals surface area (Å²) in [6.45, 7) is 3.41. The normalized spacial score (nSPS) is 17.3. The molecule has 4 nitrogen and oxygen atoms in total. The molecule has 0 radical (unpaired) electrons. The molecule has 0 unspecified atom stereocenters. The van der Waals surface area contributed by atoms with Crippen molar-refractivity contribution < 1.29 is 22.7 Å². The van der Waals surface area contributed by atoms with Crippen molar-refractivity contribution in [1.29, 1.82) is 0 Å². The Morgan fingerprint density at radius 3 is 2.39 bits per heavy atom. The molecular formula is C16H17F3N2O2. The van der Waals surface area contributed by atoms with Gasteiger partial charge in [0.2, 0.25) is 5.78 Å². The van der Waals surface area contributed by atoms with Crippen LogP contribution in [0.1, 0.15) is 12.5 Å². The van der Waals surface area contributed by atoms with Gasteiger partial charge >= 0.3 is 6.18 Å². The maximum Gasteiger partial charge on any atom is 0.417 e. The van der Waals surface area contributed by atoms with E-state index in [1.165, 1.54) is 31.2 Å². The fraction of sp³-hybridized carbons (Fsp3) is 0.375. The minimum Gasteiger partial charge on any atom is -0.378 e. The van der Waals surface area contributed by atoms with Crippen LogP contribution in [0.4, 0.5) is 13.2 Å². The van der Waals surface area contributed by atoms with Crippen molar-refractivity contribution in [3.63, 3.8) is 0 Å². The summed E-state index contributed by atoms with van der Waals surface area (Å²) in [5, 5.41) is 5.70. The first kappa shape index (κ1) is 17.2. The maximum atomic E-state index is 13.2. The second-order valence-corrected chi connectivity index (χ2v) is 5.04. The lowest BCUT2D eigenvalue weighted by atomic mass is 10.0. The van der Waals surface area contributed by atoms with Crippen molar-refractivity contribution >= 4 is 17.1 Å². The number of halogens is 3. The molecule has 7 heteroatoms. The van der Waals surface area contributed by atoms with E-state index in [2.05, 4.69) is 5.10 Å². The molecule has 0 atom stereocenters. The predicted molar refractivity (Wildman–Crippen MR) is 81.0 cm³/mol. The second-order valence-electron chi connectivity index (χ2n) is 5.04. The van der Waals surface area contributed by atoms with E-state index in [9.17, 15) is 18.0 Å². The molecule has 0 N–H and O–H groups in total. The molecule has 1 aromatic rings. The van der Waals surface area contributed by atoms with Gasteiger partial charge in [0.1, 0.15) is 5.71 Å². The molecule has 1 heterocycles. The summed E-state index contributed by atoms with van der Waals surface area (Å²) in [4.78, 5) is 12.1. The number of ketones is 1. The highest BCUT2D eigenvalue weighted by molar-refractivity contribution is 6.44. The number of ether oxygens (including phenoxy) is 1. The third kappa shape index (κ3) is 4.92. The van der Waals surface area contributed by atoms with Crippen LogP contribution >= 0.6 is 0 Å². The molecule has 0 spiro atoms. The summed E-state index contributed by atoms with van der Waals surface area (Å²) in [5.74, 6) is -0.757. The number of rotatable bonds is 4. The van der Waals surface area contributed by atoms with Gasteiger partial charge in [-0.3, -0.25) is 9.80 Å². The molecule has 23 heavy (non-hydrogen) atoms. The first-order valence-corrected chi connectivity index (χ1v) is 7.14. The maximum absolute atomic E-state index is 13.2. The monoisotopic (exact) mass is 326 g/mol. The topological polar surface area (TPSA) is 41.9 Å². The van der Waals surface area contributed by atoms with Crippen LogP contribution in [-0.4, -0.2) is 49.0 Å². The summed E-state index contributed by atoms with van der Waals surface area (Å²) in [6.07, 6.45) is -4.01. The Labute approximate surface area is 132 Å². The average molecular weight is 326 g/mol. The lowest BCUT2D eigenvalue weighted by molar-refractivity contribution is -0.109. The number of hydrazone groups is 1. The summed E-state index contributed by atoms with van der Waals surface area (Å²) in [6, 6.07) is 7.24. The van der Waals surface area contributed by atoms with Gasteiger partial charge in [0.05, 0.1) is 31.9 Å². The van der Waals surface area contributed by atoms with Gasteiger partial charge in [0, 0.05) is 6.08 Å². The van der Waals surface area contributed by atoms with Gasteiger partial charge in [-0.2, -0.15) is 18.3 Å². The summed E-state index contributed by atoms with van der Waals surface area (Å²) < 4.78 is 44.8. The Bertz CT molecular complexity index is 604. The van der Waals surface area contributed by atoms with Crippen molar-refractivity contribution in [3.8, 4) is 0 Å². The molecule has 1 fully saturated rings. The number of allylic oxidation sites excluding steroid dienone is 2. The van der Waals surface area contributed by atoms with E-state index in [0.29, 0.717) is 32.4 Å². The molecule has 0 aromatic heterocycles. The molecule has 1 saturated heterocycles. The molecule has 1 aliphatic rings. The largest absolute Gasteiger partial charge is 0.417 e. The third-order valence-electron chi connectivity index (χ3n) is 3.30. The molecule has 0 bridgehead atoms. The highest BCUT2D eigenvalue weighted by Gasteiger charge is 2.35. The lowest BCUT2D eigenvalue weighted by Gasteiger charge is -2.24. The number of nitrogens with zero attached hydrogens (tertiary/aromatic N) is 2. The van der Waals surface area contributed by atoms with Crippen LogP contribution in [0.3, 0.4) is 0 Å². The van der Waals surface area contributed by atoms with Crippen molar-refractivity contribution in [2.75, 3.05) is 26.3 Å². The Kier molecular flexibility index (Phi) is 5.54. The number of morpholine rings is 1. The summed E-state index contributed by atoms with van der Waals surface area (Å²) in [5.41, 5.74) is -1.00. The van der Waals surface area contributed by atoms with Crippen LogP contribution < -0.4 is 0 Å². The van der Waals surface area contributed by atoms with E-state index < -0.39 is 17.5 Å². The predicted octanol–water partition coefficient (Wildman–Crippen LogP) is 2.91.